The third-order valence-electron chi connectivity index (χ3n) is 3.93. The minimum Gasteiger partial charge on any atom is -0.497 e. The van der Waals surface area contributed by atoms with Crippen molar-refractivity contribution in [1.29, 1.82) is 0 Å². The fourth-order valence-corrected chi connectivity index (χ4v) is 2.72. The summed E-state index contributed by atoms with van der Waals surface area (Å²) >= 11 is 0. The normalized spacial score (nSPS) is 25.8. The van der Waals surface area contributed by atoms with E-state index >= 15 is 0 Å². The Labute approximate surface area is 103 Å². The topological polar surface area (TPSA) is 33.3 Å². The number of hydrogen-bond donors (Lipinski definition) is 2. The minimum absolute atomic E-state index is 0.253. The largest absolute Gasteiger partial charge is 0.497 e. The van der Waals surface area contributed by atoms with Crippen molar-refractivity contribution in [2.75, 3.05) is 20.2 Å². The van der Waals surface area contributed by atoms with E-state index in [4.69, 9.17) is 4.74 Å². The third kappa shape index (κ3) is 2.17. The molecule has 1 aliphatic carbocycles. The molecule has 1 aliphatic heterocycles. The molecule has 1 aromatic rings. The third-order valence-corrected chi connectivity index (χ3v) is 3.93. The van der Waals surface area contributed by atoms with E-state index in [0.29, 0.717) is 6.04 Å². The van der Waals surface area contributed by atoms with Crippen LogP contribution in [0.5, 0.6) is 5.75 Å². The molecule has 0 bridgehead atoms. The van der Waals surface area contributed by atoms with E-state index in [1.807, 2.05) is 0 Å². The summed E-state index contributed by atoms with van der Waals surface area (Å²) in [5, 5.41) is 7.23. The lowest BCUT2D eigenvalue weighted by Gasteiger charge is -2.22. The number of hydrogen-bond acceptors (Lipinski definition) is 3. The van der Waals surface area contributed by atoms with Crippen molar-refractivity contribution in [3.8, 4) is 5.75 Å². The van der Waals surface area contributed by atoms with E-state index in [0.717, 1.165) is 18.8 Å². The summed E-state index contributed by atoms with van der Waals surface area (Å²) in [5.41, 5.74) is 1.66. The first kappa shape index (κ1) is 11.1. The van der Waals surface area contributed by atoms with Crippen LogP contribution in [0.25, 0.3) is 0 Å². The number of ether oxygens (including phenoxy) is 1. The van der Waals surface area contributed by atoms with Crippen molar-refractivity contribution in [1.82, 2.24) is 10.6 Å². The monoisotopic (exact) mass is 232 g/mol. The molecule has 17 heavy (non-hydrogen) atoms. The Morgan fingerprint density at radius 1 is 1.29 bits per heavy atom. The molecule has 1 atom stereocenters. The van der Waals surface area contributed by atoms with Gasteiger partial charge in [-0.2, -0.15) is 0 Å². The van der Waals surface area contributed by atoms with Gasteiger partial charge in [-0.1, -0.05) is 12.1 Å². The lowest BCUT2D eigenvalue weighted by Crippen LogP contribution is -2.39. The summed E-state index contributed by atoms with van der Waals surface area (Å²) < 4.78 is 5.21. The first-order chi connectivity index (χ1) is 8.32. The molecule has 3 rings (SSSR count). The first-order valence-electron chi connectivity index (χ1n) is 6.45. The van der Waals surface area contributed by atoms with Gasteiger partial charge < -0.3 is 15.4 Å². The van der Waals surface area contributed by atoms with Gasteiger partial charge in [0.15, 0.2) is 0 Å². The van der Waals surface area contributed by atoms with E-state index in [9.17, 15) is 0 Å². The van der Waals surface area contributed by atoms with E-state index in [1.54, 1.807) is 7.11 Å². The van der Waals surface area contributed by atoms with Crippen LogP contribution in [0.15, 0.2) is 24.3 Å². The van der Waals surface area contributed by atoms with Crippen molar-refractivity contribution in [3.63, 3.8) is 0 Å². The molecule has 0 aromatic heterocycles. The molecule has 3 heteroatoms. The first-order valence-corrected chi connectivity index (χ1v) is 6.45. The van der Waals surface area contributed by atoms with E-state index in [2.05, 4.69) is 34.9 Å². The average Bonchev–Trinajstić information content (AvgIpc) is 2.97. The standard InChI is InChI=1S/C14H20N2O/c1-17-13-4-2-11(3-5-13)14(7-8-14)16-12-6-9-15-10-12/h2-5,12,15-16H,6-10H2,1H3. The van der Waals surface area contributed by atoms with Crippen LogP contribution in [0.2, 0.25) is 0 Å². The quantitative estimate of drug-likeness (QED) is 0.828. The molecule has 1 unspecified atom stereocenters. The second-order valence-electron chi connectivity index (χ2n) is 5.14. The van der Waals surface area contributed by atoms with Crippen LogP contribution < -0.4 is 15.4 Å². The van der Waals surface area contributed by atoms with Gasteiger partial charge in [-0.25, -0.2) is 0 Å². The minimum atomic E-state index is 0.253. The van der Waals surface area contributed by atoms with Crippen molar-refractivity contribution < 1.29 is 4.74 Å². The summed E-state index contributed by atoms with van der Waals surface area (Å²) in [6.45, 7) is 2.26. The zero-order valence-corrected chi connectivity index (χ0v) is 10.3. The number of benzene rings is 1. The van der Waals surface area contributed by atoms with Crippen LogP contribution in [-0.4, -0.2) is 26.2 Å². The average molecular weight is 232 g/mol. The Bertz CT molecular complexity index is 378. The maximum Gasteiger partial charge on any atom is 0.118 e. The van der Waals surface area contributed by atoms with Gasteiger partial charge in [0.05, 0.1) is 7.11 Å². The second-order valence-corrected chi connectivity index (χ2v) is 5.14. The lowest BCUT2D eigenvalue weighted by atomic mass is 10.0. The van der Waals surface area contributed by atoms with Crippen molar-refractivity contribution in [2.45, 2.75) is 30.8 Å². The zero-order valence-electron chi connectivity index (χ0n) is 10.3. The number of methoxy groups -OCH3 is 1. The van der Waals surface area contributed by atoms with Gasteiger partial charge in [0.1, 0.15) is 5.75 Å². The molecule has 2 N–H and O–H groups in total. The van der Waals surface area contributed by atoms with Crippen LogP contribution in [0.3, 0.4) is 0 Å². The van der Waals surface area contributed by atoms with Gasteiger partial charge >= 0.3 is 0 Å². The van der Waals surface area contributed by atoms with Gasteiger partial charge in [-0.3, -0.25) is 0 Å². The van der Waals surface area contributed by atoms with Crippen LogP contribution >= 0.6 is 0 Å². The van der Waals surface area contributed by atoms with Crippen LogP contribution in [0.1, 0.15) is 24.8 Å². The molecular weight excluding hydrogens is 212 g/mol. The predicted octanol–water partition coefficient (Wildman–Crippen LogP) is 1.64. The molecule has 92 valence electrons. The molecule has 1 heterocycles. The molecule has 1 aromatic carbocycles. The molecular formula is C14H20N2O. The molecule has 2 fully saturated rings. The Hall–Kier alpha value is -1.06. The van der Waals surface area contributed by atoms with Gasteiger partial charge in [-0.15, -0.1) is 0 Å². The van der Waals surface area contributed by atoms with E-state index < -0.39 is 0 Å². The summed E-state index contributed by atoms with van der Waals surface area (Å²) in [6, 6.07) is 9.15. The molecule has 1 saturated heterocycles. The van der Waals surface area contributed by atoms with Crippen LogP contribution in [0, 0.1) is 0 Å². The second kappa shape index (κ2) is 4.31. The number of nitrogens with one attached hydrogen (secondary N) is 2. The maximum atomic E-state index is 5.21. The van der Waals surface area contributed by atoms with Crippen molar-refractivity contribution in [3.05, 3.63) is 29.8 Å². The summed E-state index contributed by atoms with van der Waals surface area (Å²) in [5.74, 6) is 0.937. The highest BCUT2D eigenvalue weighted by Crippen LogP contribution is 2.46. The Kier molecular flexibility index (Phi) is 2.81. The summed E-state index contributed by atoms with van der Waals surface area (Å²) in [7, 11) is 1.71. The SMILES string of the molecule is COc1ccc(C2(NC3CCNC3)CC2)cc1. The summed E-state index contributed by atoms with van der Waals surface area (Å²) in [4.78, 5) is 0. The number of rotatable bonds is 4. The van der Waals surface area contributed by atoms with E-state index in [1.165, 1.54) is 24.8 Å². The molecule has 1 saturated carbocycles. The fourth-order valence-electron chi connectivity index (χ4n) is 2.72. The van der Waals surface area contributed by atoms with Gasteiger partial charge in [0.2, 0.25) is 0 Å². The maximum absolute atomic E-state index is 5.21. The van der Waals surface area contributed by atoms with E-state index in [-0.39, 0.29) is 5.54 Å². The smallest absolute Gasteiger partial charge is 0.118 e. The van der Waals surface area contributed by atoms with Crippen molar-refractivity contribution >= 4 is 0 Å². The van der Waals surface area contributed by atoms with Crippen molar-refractivity contribution in [2.24, 2.45) is 0 Å². The Balaban J connectivity index is 1.72. The van der Waals surface area contributed by atoms with Gasteiger partial charge in [0, 0.05) is 18.1 Å². The molecule has 3 nitrogen and oxygen atoms in total. The Morgan fingerprint density at radius 3 is 2.59 bits per heavy atom. The molecule has 2 aliphatic rings. The molecule has 0 radical (unpaired) electrons. The lowest BCUT2D eigenvalue weighted by molar-refractivity contribution is 0.412. The zero-order chi connectivity index (χ0) is 11.7. The van der Waals surface area contributed by atoms with Gasteiger partial charge in [0.25, 0.3) is 0 Å². The highest BCUT2D eigenvalue weighted by molar-refractivity contribution is 5.35. The predicted molar refractivity (Wildman–Crippen MR) is 68.3 cm³/mol. The Morgan fingerprint density at radius 2 is 2.06 bits per heavy atom. The molecule has 0 spiro atoms. The van der Waals surface area contributed by atoms with Crippen LogP contribution in [0.4, 0.5) is 0 Å². The van der Waals surface area contributed by atoms with Crippen LogP contribution in [-0.2, 0) is 5.54 Å². The molecule has 0 amide bonds. The summed E-state index contributed by atoms with van der Waals surface area (Å²) in [6.07, 6.45) is 3.77. The fraction of sp³-hybridized carbons (Fsp3) is 0.571. The highest BCUT2D eigenvalue weighted by Gasteiger charge is 2.45. The highest BCUT2D eigenvalue weighted by atomic mass is 16.5. The van der Waals surface area contributed by atoms with Gasteiger partial charge in [-0.05, 0) is 43.5 Å².